The maximum atomic E-state index is 12.9. The highest BCUT2D eigenvalue weighted by atomic mass is 16.2. The Morgan fingerprint density at radius 1 is 1.00 bits per heavy atom. The SMILES string of the molecule is Cc1ccc(C2(c3ccc(C)cc3)C[C@@H]2C(=O)NCc2cccnc2)cc1. The molecule has 0 aliphatic heterocycles. The van der Waals surface area contributed by atoms with E-state index in [9.17, 15) is 4.79 Å². The molecular formula is C24H24N2O. The predicted molar refractivity (Wildman–Crippen MR) is 107 cm³/mol. The molecule has 0 spiro atoms. The van der Waals surface area contributed by atoms with Gasteiger partial charge in [0.1, 0.15) is 0 Å². The number of carbonyl (C=O) groups excluding carboxylic acids is 1. The van der Waals surface area contributed by atoms with Crippen LogP contribution in [-0.4, -0.2) is 10.9 Å². The van der Waals surface area contributed by atoms with E-state index in [2.05, 4.69) is 72.7 Å². The largest absolute Gasteiger partial charge is 0.352 e. The normalized spacial score (nSPS) is 17.3. The lowest BCUT2D eigenvalue weighted by molar-refractivity contribution is -0.122. The number of amides is 1. The second kappa shape index (κ2) is 6.99. The molecule has 3 nitrogen and oxygen atoms in total. The number of benzene rings is 2. The number of aryl methyl sites for hydroxylation is 2. The minimum Gasteiger partial charge on any atom is -0.352 e. The Labute approximate surface area is 160 Å². The van der Waals surface area contributed by atoms with Crippen LogP contribution in [0, 0.1) is 19.8 Å². The van der Waals surface area contributed by atoms with Crippen LogP contribution in [0.15, 0.2) is 73.1 Å². The van der Waals surface area contributed by atoms with E-state index in [1.165, 1.54) is 22.3 Å². The van der Waals surface area contributed by atoms with Crippen molar-refractivity contribution < 1.29 is 4.79 Å². The fourth-order valence-corrected chi connectivity index (χ4v) is 3.90. The van der Waals surface area contributed by atoms with Gasteiger partial charge < -0.3 is 5.32 Å². The summed E-state index contributed by atoms with van der Waals surface area (Å²) in [5, 5.41) is 3.10. The lowest BCUT2D eigenvalue weighted by Crippen LogP contribution is -2.28. The molecule has 0 radical (unpaired) electrons. The molecule has 1 fully saturated rings. The van der Waals surface area contributed by atoms with E-state index >= 15 is 0 Å². The van der Waals surface area contributed by atoms with Gasteiger partial charge in [-0.15, -0.1) is 0 Å². The first kappa shape index (κ1) is 17.5. The van der Waals surface area contributed by atoms with Gasteiger partial charge in [-0.1, -0.05) is 65.7 Å². The zero-order valence-electron chi connectivity index (χ0n) is 15.8. The van der Waals surface area contributed by atoms with Crippen molar-refractivity contribution in [2.24, 2.45) is 5.92 Å². The minimum atomic E-state index is -0.222. The summed E-state index contributed by atoms with van der Waals surface area (Å²) >= 11 is 0. The molecule has 3 aromatic rings. The van der Waals surface area contributed by atoms with E-state index in [4.69, 9.17) is 0 Å². The molecule has 1 atom stereocenters. The molecule has 1 amide bonds. The zero-order valence-corrected chi connectivity index (χ0v) is 15.8. The van der Waals surface area contributed by atoms with Gasteiger partial charge in [0.25, 0.3) is 0 Å². The van der Waals surface area contributed by atoms with Crippen molar-refractivity contribution in [3.8, 4) is 0 Å². The smallest absolute Gasteiger partial charge is 0.224 e. The molecule has 1 saturated carbocycles. The van der Waals surface area contributed by atoms with Crippen LogP contribution in [0.5, 0.6) is 0 Å². The van der Waals surface area contributed by atoms with E-state index in [1.54, 1.807) is 12.4 Å². The van der Waals surface area contributed by atoms with Crippen LogP contribution in [0.3, 0.4) is 0 Å². The summed E-state index contributed by atoms with van der Waals surface area (Å²) in [5.41, 5.74) is 5.70. The lowest BCUT2D eigenvalue weighted by atomic mass is 9.85. The predicted octanol–water partition coefficient (Wildman–Crippen LogP) is 4.32. The van der Waals surface area contributed by atoms with E-state index in [0.717, 1.165) is 12.0 Å². The number of aromatic nitrogens is 1. The van der Waals surface area contributed by atoms with Crippen LogP contribution >= 0.6 is 0 Å². The summed E-state index contributed by atoms with van der Waals surface area (Å²) in [4.78, 5) is 17.1. The van der Waals surface area contributed by atoms with Crippen LogP contribution in [-0.2, 0) is 16.8 Å². The van der Waals surface area contributed by atoms with Gasteiger partial charge in [-0.2, -0.15) is 0 Å². The second-order valence-corrected chi connectivity index (χ2v) is 7.54. The summed E-state index contributed by atoms with van der Waals surface area (Å²) in [5.74, 6) is 0.0691. The monoisotopic (exact) mass is 356 g/mol. The van der Waals surface area contributed by atoms with Gasteiger partial charge in [-0.3, -0.25) is 9.78 Å². The molecular weight excluding hydrogens is 332 g/mol. The van der Waals surface area contributed by atoms with Gasteiger partial charge >= 0.3 is 0 Å². The first-order valence-electron chi connectivity index (χ1n) is 9.40. The number of rotatable bonds is 5. The maximum Gasteiger partial charge on any atom is 0.224 e. The van der Waals surface area contributed by atoms with Crippen molar-refractivity contribution in [3.05, 3.63) is 101 Å². The number of nitrogens with zero attached hydrogens (tertiary/aromatic N) is 1. The van der Waals surface area contributed by atoms with Crippen molar-refractivity contribution in [1.29, 1.82) is 0 Å². The van der Waals surface area contributed by atoms with Crippen molar-refractivity contribution in [3.63, 3.8) is 0 Å². The van der Waals surface area contributed by atoms with Gasteiger partial charge in [-0.25, -0.2) is 0 Å². The molecule has 1 aliphatic rings. The van der Waals surface area contributed by atoms with Crippen LogP contribution in [0.25, 0.3) is 0 Å². The molecule has 0 bridgehead atoms. The molecule has 2 aromatic carbocycles. The van der Waals surface area contributed by atoms with Gasteiger partial charge in [0.05, 0.1) is 5.92 Å². The maximum absolute atomic E-state index is 12.9. The van der Waals surface area contributed by atoms with Gasteiger partial charge in [0, 0.05) is 24.4 Å². The molecule has 1 aromatic heterocycles. The summed E-state index contributed by atoms with van der Waals surface area (Å²) < 4.78 is 0. The number of hydrogen-bond acceptors (Lipinski definition) is 2. The fraction of sp³-hybridized carbons (Fsp3) is 0.250. The molecule has 27 heavy (non-hydrogen) atoms. The molecule has 0 unspecified atom stereocenters. The highest BCUT2D eigenvalue weighted by Crippen LogP contribution is 2.59. The number of carbonyl (C=O) groups is 1. The molecule has 1 heterocycles. The van der Waals surface area contributed by atoms with Crippen molar-refractivity contribution >= 4 is 5.91 Å². The van der Waals surface area contributed by atoms with Crippen LogP contribution in [0.2, 0.25) is 0 Å². The lowest BCUT2D eigenvalue weighted by Gasteiger charge is -2.19. The van der Waals surface area contributed by atoms with E-state index in [1.807, 2.05) is 12.1 Å². The first-order valence-corrected chi connectivity index (χ1v) is 9.40. The Hall–Kier alpha value is -2.94. The molecule has 0 saturated heterocycles. The minimum absolute atomic E-state index is 0.0421. The number of nitrogens with one attached hydrogen (secondary N) is 1. The summed E-state index contributed by atoms with van der Waals surface area (Å²) in [6.07, 6.45) is 4.38. The zero-order chi connectivity index (χ0) is 18.9. The topological polar surface area (TPSA) is 42.0 Å². The van der Waals surface area contributed by atoms with Gasteiger partial charge in [0.15, 0.2) is 0 Å². The Morgan fingerprint density at radius 3 is 2.11 bits per heavy atom. The first-order chi connectivity index (χ1) is 13.1. The quantitative estimate of drug-likeness (QED) is 0.740. The van der Waals surface area contributed by atoms with E-state index in [0.29, 0.717) is 6.54 Å². The van der Waals surface area contributed by atoms with Crippen molar-refractivity contribution in [2.45, 2.75) is 32.2 Å². The number of hydrogen-bond donors (Lipinski definition) is 1. The van der Waals surface area contributed by atoms with Gasteiger partial charge in [-0.05, 0) is 43.0 Å². The highest BCUT2D eigenvalue weighted by Gasteiger charge is 2.60. The summed E-state index contributed by atoms with van der Waals surface area (Å²) in [6, 6.07) is 21.1. The third kappa shape index (κ3) is 3.37. The summed E-state index contributed by atoms with van der Waals surface area (Å²) in [6.45, 7) is 4.70. The second-order valence-electron chi connectivity index (χ2n) is 7.54. The third-order valence-electron chi connectivity index (χ3n) is 5.60. The standard InChI is InChI=1S/C24H24N2O/c1-17-5-9-20(10-6-17)24(21-11-7-18(2)8-12-21)14-22(24)23(27)26-16-19-4-3-13-25-15-19/h3-13,15,22H,14,16H2,1-2H3,(H,26,27)/t22-/m1/s1. The van der Waals surface area contributed by atoms with Crippen molar-refractivity contribution in [1.82, 2.24) is 10.3 Å². The van der Waals surface area contributed by atoms with E-state index < -0.39 is 0 Å². The average molecular weight is 356 g/mol. The molecule has 136 valence electrons. The fourth-order valence-electron chi connectivity index (χ4n) is 3.90. The van der Waals surface area contributed by atoms with Crippen molar-refractivity contribution in [2.75, 3.05) is 0 Å². The van der Waals surface area contributed by atoms with Crippen LogP contribution in [0.4, 0.5) is 0 Å². The van der Waals surface area contributed by atoms with E-state index in [-0.39, 0.29) is 17.2 Å². The summed E-state index contributed by atoms with van der Waals surface area (Å²) in [7, 11) is 0. The molecule has 4 rings (SSSR count). The Balaban J connectivity index is 1.60. The Kier molecular flexibility index (Phi) is 4.53. The average Bonchev–Trinajstić information content (AvgIpc) is 3.45. The van der Waals surface area contributed by atoms with Crippen LogP contribution in [0.1, 0.15) is 34.2 Å². The molecule has 1 N–H and O–H groups in total. The third-order valence-corrected chi connectivity index (χ3v) is 5.60. The molecule has 1 aliphatic carbocycles. The van der Waals surface area contributed by atoms with Crippen LogP contribution < -0.4 is 5.32 Å². The number of pyridine rings is 1. The Morgan fingerprint density at radius 2 is 1.59 bits per heavy atom. The molecule has 3 heteroatoms. The highest BCUT2D eigenvalue weighted by molar-refractivity contribution is 5.86. The van der Waals surface area contributed by atoms with Gasteiger partial charge in [0.2, 0.25) is 5.91 Å². The Bertz CT molecular complexity index is 885.